The van der Waals surface area contributed by atoms with E-state index < -0.39 is 15.9 Å². The summed E-state index contributed by atoms with van der Waals surface area (Å²) in [5, 5.41) is 2.74. The van der Waals surface area contributed by atoms with Crippen molar-refractivity contribution in [3.05, 3.63) is 48.5 Å². The molecule has 0 fully saturated rings. The van der Waals surface area contributed by atoms with E-state index in [4.69, 9.17) is 4.74 Å². The Morgan fingerprint density at radius 3 is 2.58 bits per heavy atom. The Bertz CT molecular complexity index is 869. The Kier molecular flexibility index (Phi) is 6.93. The number of anilines is 2. The summed E-state index contributed by atoms with van der Waals surface area (Å²) in [5.74, 6) is -0.0161. The lowest BCUT2D eigenvalue weighted by Gasteiger charge is -2.24. The number of para-hydroxylation sites is 2. The maximum Gasteiger partial charge on any atom is 0.245 e. The second kappa shape index (κ2) is 8.95. The van der Waals surface area contributed by atoms with Crippen LogP contribution in [0.25, 0.3) is 0 Å². The number of sulfonamides is 1. The van der Waals surface area contributed by atoms with Gasteiger partial charge in [0.15, 0.2) is 0 Å². The van der Waals surface area contributed by atoms with Crippen LogP contribution in [0.4, 0.5) is 11.4 Å². The van der Waals surface area contributed by atoms with Gasteiger partial charge in [-0.2, -0.15) is 0 Å². The van der Waals surface area contributed by atoms with Crippen LogP contribution in [-0.4, -0.2) is 40.0 Å². The quantitative estimate of drug-likeness (QED) is 0.696. The first kappa shape index (κ1) is 20.1. The van der Waals surface area contributed by atoms with Crippen LogP contribution < -0.4 is 14.4 Å². The Morgan fingerprint density at radius 2 is 1.92 bits per heavy atom. The van der Waals surface area contributed by atoms with Gasteiger partial charge in [0.25, 0.3) is 0 Å². The minimum absolute atomic E-state index is 0.338. The van der Waals surface area contributed by atoms with Crippen molar-refractivity contribution in [3.63, 3.8) is 0 Å². The van der Waals surface area contributed by atoms with Gasteiger partial charge in [-0.1, -0.05) is 18.2 Å². The molecule has 0 saturated heterocycles. The summed E-state index contributed by atoms with van der Waals surface area (Å²) in [6.45, 7) is 1.86. The standard InChI is InChI=1S/C18H22N2O4S2/c1-4-24-17-11-6-5-10-16(17)20(26(3,22)23)13-18(21)19-14-8-7-9-15(12-14)25-2/h5-12H,4,13H2,1-3H3,(H,19,21). The average molecular weight is 395 g/mol. The number of benzene rings is 2. The third-order valence-corrected chi connectivity index (χ3v) is 5.33. The van der Waals surface area contributed by atoms with Gasteiger partial charge in [0.05, 0.1) is 18.6 Å². The van der Waals surface area contributed by atoms with Gasteiger partial charge in [0, 0.05) is 10.6 Å². The normalized spacial score (nSPS) is 11.0. The number of ether oxygens (including phenoxy) is 1. The number of hydrogen-bond donors (Lipinski definition) is 1. The lowest BCUT2D eigenvalue weighted by Crippen LogP contribution is -2.37. The van der Waals surface area contributed by atoms with Crippen LogP contribution in [0.2, 0.25) is 0 Å². The lowest BCUT2D eigenvalue weighted by atomic mass is 10.3. The molecule has 2 aromatic carbocycles. The third-order valence-electron chi connectivity index (χ3n) is 3.47. The number of carbonyl (C=O) groups is 1. The van der Waals surface area contributed by atoms with Gasteiger partial charge in [-0.05, 0) is 43.5 Å². The Hall–Kier alpha value is -2.19. The highest BCUT2D eigenvalue weighted by molar-refractivity contribution is 7.98. The molecule has 8 heteroatoms. The van der Waals surface area contributed by atoms with E-state index in [9.17, 15) is 13.2 Å². The first-order chi connectivity index (χ1) is 12.3. The first-order valence-corrected chi connectivity index (χ1v) is 11.1. The molecule has 0 saturated carbocycles. The zero-order valence-electron chi connectivity index (χ0n) is 14.9. The molecule has 0 unspecified atom stereocenters. The van der Waals surface area contributed by atoms with E-state index in [2.05, 4.69) is 5.32 Å². The summed E-state index contributed by atoms with van der Waals surface area (Å²) >= 11 is 1.56. The molecule has 0 aliphatic carbocycles. The second-order valence-corrected chi connectivity index (χ2v) is 8.24. The average Bonchev–Trinajstić information content (AvgIpc) is 2.60. The summed E-state index contributed by atoms with van der Waals surface area (Å²) < 4.78 is 31.1. The van der Waals surface area contributed by atoms with Gasteiger partial charge in [-0.3, -0.25) is 9.10 Å². The Labute approximate surface area is 158 Å². The molecule has 2 aromatic rings. The molecule has 0 aliphatic rings. The molecular formula is C18H22N2O4S2. The molecule has 26 heavy (non-hydrogen) atoms. The lowest BCUT2D eigenvalue weighted by molar-refractivity contribution is -0.114. The predicted octanol–water partition coefficient (Wildman–Crippen LogP) is 3.21. The summed E-state index contributed by atoms with van der Waals surface area (Å²) in [6, 6.07) is 14.1. The van der Waals surface area contributed by atoms with Crippen molar-refractivity contribution < 1.29 is 17.9 Å². The fourth-order valence-corrected chi connectivity index (χ4v) is 3.67. The van der Waals surface area contributed by atoms with Crippen LogP contribution >= 0.6 is 11.8 Å². The molecule has 140 valence electrons. The van der Waals surface area contributed by atoms with E-state index in [1.807, 2.05) is 31.4 Å². The van der Waals surface area contributed by atoms with Crippen LogP contribution in [0.3, 0.4) is 0 Å². The topological polar surface area (TPSA) is 75.7 Å². The highest BCUT2D eigenvalue weighted by Gasteiger charge is 2.24. The first-order valence-electron chi connectivity index (χ1n) is 7.98. The number of hydrogen-bond acceptors (Lipinski definition) is 5. The minimum atomic E-state index is -3.67. The van der Waals surface area contributed by atoms with Crippen molar-refractivity contribution in [2.75, 3.05) is 35.3 Å². The van der Waals surface area contributed by atoms with Crippen molar-refractivity contribution >= 4 is 39.1 Å². The van der Waals surface area contributed by atoms with Crippen molar-refractivity contribution in [3.8, 4) is 5.75 Å². The number of thioether (sulfide) groups is 1. The monoisotopic (exact) mass is 394 g/mol. The molecule has 0 heterocycles. The van der Waals surface area contributed by atoms with Gasteiger partial charge in [-0.15, -0.1) is 11.8 Å². The molecule has 0 aliphatic heterocycles. The Morgan fingerprint density at radius 1 is 1.19 bits per heavy atom. The second-order valence-electron chi connectivity index (χ2n) is 5.45. The van der Waals surface area contributed by atoms with Gasteiger partial charge in [0.1, 0.15) is 12.3 Å². The summed E-state index contributed by atoms with van der Waals surface area (Å²) in [5.41, 5.74) is 0.957. The third kappa shape index (κ3) is 5.40. The van der Waals surface area contributed by atoms with Crippen molar-refractivity contribution in [2.24, 2.45) is 0 Å². The molecule has 6 nitrogen and oxygen atoms in total. The summed E-state index contributed by atoms with van der Waals surface area (Å²) in [4.78, 5) is 13.5. The molecule has 0 radical (unpaired) electrons. The minimum Gasteiger partial charge on any atom is -0.492 e. The number of amides is 1. The van der Waals surface area contributed by atoms with Gasteiger partial charge < -0.3 is 10.1 Å². The number of carbonyl (C=O) groups excluding carboxylic acids is 1. The number of nitrogens with one attached hydrogen (secondary N) is 1. The van der Waals surface area contributed by atoms with E-state index in [1.165, 1.54) is 0 Å². The van der Waals surface area contributed by atoms with Crippen LogP contribution in [0, 0.1) is 0 Å². The van der Waals surface area contributed by atoms with Crippen LogP contribution in [0.1, 0.15) is 6.92 Å². The number of nitrogens with zero attached hydrogens (tertiary/aromatic N) is 1. The van der Waals surface area contributed by atoms with Crippen molar-refractivity contribution in [1.29, 1.82) is 0 Å². The van der Waals surface area contributed by atoms with E-state index in [0.29, 0.717) is 23.7 Å². The zero-order chi connectivity index (χ0) is 19.2. The summed E-state index contributed by atoms with van der Waals surface area (Å²) in [6.07, 6.45) is 3.01. The summed E-state index contributed by atoms with van der Waals surface area (Å²) in [7, 11) is -3.67. The largest absolute Gasteiger partial charge is 0.492 e. The van der Waals surface area contributed by atoms with E-state index in [-0.39, 0.29) is 6.54 Å². The van der Waals surface area contributed by atoms with Gasteiger partial charge in [-0.25, -0.2) is 8.42 Å². The van der Waals surface area contributed by atoms with Crippen molar-refractivity contribution in [2.45, 2.75) is 11.8 Å². The molecule has 0 spiro atoms. The molecule has 2 rings (SSSR count). The van der Waals surface area contributed by atoms with Crippen LogP contribution in [-0.2, 0) is 14.8 Å². The van der Waals surface area contributed by atoms with E-state index in [0.717, 1.165) is 15.5 Å². The molecule has 0 atom stereocenters. The predicted molar refractivity (Wildman–Crippen MR) is 107 cm³/mol. The highest BCUT2D eigenvalue weighted by atomic mass is 32.2. The van der Waals surface area contributed by atoms with Crippen molar-refractivity contribution in [1.82, 2.24) is 0 Å². The molecule has 0 aromatic heterocycles. The fraction of sp³-hybridized carbons (Fsp3) is 0.278. The maximum atomic E-state index is 12.4. The molecule has 0 bridgehead atoms. The Balaban J connectivity index is 2.25. The highest BCUT2D eigenvalue weighted by Crippen LogP contribution is 2.29. The van der Waals surface area contributed by atoms with Gasteiger partial charge in [0.2, 0.25) is 15.9 Å². The van der Waals surface area contributed by atoms with E-state index >= 15 is 0 Å². The molecular weight excluding hydrogens is 372 g/mol. The van der Waals surface area contributed by atoms with Crippen LogP contribution in [0.5, 0.6) is 5.75 Å². The number of rotatable bonds is 8. The zero-order valence-corrected chi connectivity index (χ0v) is 16.6. The maximum absolute atomic E-state index is 12.4. The van der Waals surface area contributed by atoms with E-state index in [1.54, 1.807) is 42.1 Å². The SMILES string of the molecule is CCOc1ccccc1N(CC(=O)Nc1cccc(SC)c1)S(C)(=O)=O. The molecule has 1 amide bonds. The fourth-order valence-electron chi connectivity index (χ4n) is 2.35. The van der Waals surface area contributed by atoms with Crippen LogP contribution in [0.15, 0.2) is 53.4 Å². The smallest absolute Gasteiger partial charge is 0.245 e. The molecule has 1 N–H and O–H groups in total. The van der Waals surface area contributed by atoms with Gasteiger partial charge >= 0.3 is 0 Å².